The Morgan fingerprint density at radius 2 is 2.11 bits per heavy atom. The first-order valence-electron chi connectivity index (χ1n) is 9.10. The molecule has 3 aromatic rings. The highest BCUT2D eigenvalue weighted by Crippen LogP contribution is 2.38. The summed E-state index contributed by atoms with van der Waals surface area (Å²) >= 11 is 0. The molecule has 2 aromatic heterocycles. The van der Waals surface area contributed by atoms with Gasteiger partial charge in [-0.05, 0) is 30.9 Å². The highest BCUT2D eigenvalue weighted by Gasteiger charge is 2.37. The molecule has 1 aliphatic heterocycles. The Morgan fingerprint density at radius 3 is 2.81 bits per heavy atom. The highest BCUT2D eigenvalue weighted by atomic mass is 16.5. The van der Waals surface area contributed by atoms with Gasteiger partial charge in [0.25, 0.3) is 0 Å². The zero-order valence-electron chi connectivity index (χ0n) is 15.6. The number of carbonyl (C=O) groups excluding carboxylic acids is 2. The smallest absolute Gasteiger partial charge is 0.315 e. The van der Waals surface area contributed by atoms with E-state index in [1.165, 1.54) is 10.9 Å². The number of H-pyrrole nitrogens is 1. The molecule has 0 bridgehead atoms. The summed E-state index contributed by atoms with van der Waals surface area (Å²) in [5, 5.41) is 7.43. The van der Waals surface area contributed by atoms with Crippen LogP contribution < -0.4 is 5.32 Å². The number of para-hydroxylation sites is 1. The highest BCUT2D eigenvalue weighted by molar-refractivity contribution is 6.39. The average molecular weight is 366 g/mol. The van der Waals surface area contributed by atoms with E-state index < -0.39 is 11.8 Å². The Kier molecular flexibility index (Phi) is 4.22. The third-order valence-corrected chi connectivity index (χ3v) is 5.04. The third kappa shape index (κ3) is 2.99. The van der Waals surface area contributed by atoms with Gasteiger partial charge in [0.15, 0.2) is 5.82 Å². The summed E-state index contributed by atoms with van der Waals surface area (Å²) in [6, 6.07) is 9.54. The zero-order valence-corrected chi connectivity index (χ0v) is 15.6. The number of nitrogens with zero attached hydrogens (tertiary/aromatic N) is 2. The molecular weight excluding hydrogens is 344 g/mol. The van der Waals surface area contributed by atoms with Gasteiger partial charge in [-0.1, -0.05) is 37.2 Å². The molecule has 7 nitrogen and oxygen atoms in total. The Balaban J connectivity index is 1.64. The fourth-order valence-corrected chi connectivity index (χ4v) is 3.92. The number of aromatic amines is 1. The van der Waals surface area contributed by atoms with Crippen LogP contribution in [0.5, 0.6) is 0 Å². The van der Waals surface area contributed by atoms with Gasteiger partial charge in [-0.3, -0.25) is 14.9 Å². The zero-order chi connectivity index (χ0) is 19.1. The topological polar surface area (TPSA) is 91.2 Å². The molecule has 0 fully saturated rings. The normalized spacial score (nSPS) is 16.6. The van der Waals surface area contributed by atoms with Crippen molar-refractivity contribution >= 4 is 28.5 Å². The lowest BCUT2D eigenvalue weighted by atomic mass is 9.90. The van der Waals surface area contributed by atoms with E-state index in [-0.39, 0.29) is 17.8 Å². The lowest BCUT2D eigenvalue weighted by Crippen LogP contribution is -2.47. The molecule has 4 rings (SSSR count). The summed E-state index contributed by atoms with van der Waals surface area (Å²) in [6.45, 7) is 6.35. The Hall–Kier alpha value is -3.09. The van der Waals surface area contributed by atoms with Crippen LogP contribution in [0, 0.1) is 12.8 Å². The van der Waals surface area contributed by atoms with Crippen LogP contribution in [0.1, 0.15) is 36.9 Å². The molecule has 1 aromatic carbocycles. The molecule has 3 heterocycles. The van der Waals surface area contributed by atoms with Crippen molar-refractivity contribution in [2.24, 2.45) is 5.92 Å². The fourth-order valence-electron chi connectivity index (χ4n) is 3.92. The number of aromatic nitrogens is 2. The number of rotatable bonds is 2. The monoisotopic (exact) mass is 366 g/mol. The molecule has 1 atom stereocenters. The van der Waals surface area contributed by atoms with E-state index in [2.05, 4.69) is 35.4 Å². The second kappa shape index (κ2) is 6.57. The van der Waals surface area contributed by atoms with E-state index in [1.807, 2.05) is 18.2 Å². The van der Waals surface area contributed by atoms with Crippen LogP contribution in [0.3, 0.4) is 0 Å². The fraction of sp³-hybridized carbons (Fsp3) is 0.350. The number of carbonyl (C=O) groups is 2. The number of anilines is 1. The summed E-state index contributed by atoms with van der Waals surface area (Å²) < 4.78 is 4.94. The van der Waals surface area contributed by atoms with Gasteiger partial charge in [-0.25, -0.2) is 0 Å². The van der Waals surface area contributed by atoms with Gasteiger partial charge in [0.05, 0.1) is 6.04 Å². The largest absolute Gasteiger partial charge is 0.360 e. The predicted octanol–water partition coefficient (Wildman–Crippen LogP) is 3.18. The first-order valence-corrected chi connectivity index (χ1v) is 9.10. The van der Waals surface area contributed by atoms with E-state index in [0.717, 1.165) is 11.2 Å². The molecule has 0 saturated heterocycles. The minimum atomic E-state index is -0.700. The third-order valence-electron chi connectivity index (χ3n) is 5.04. The maximum Gasteiger partial charge on any atom is 0.315 e. The molecule has 0 aliphatic carbocycles. The second-order valence-corrected chi connectivity index (χ2v) is 7.28. The predicted molar refractivity (Wildman–Crippen MR) is 101 cm³/mol. The number of hydrogen-bond donors (Lipinski definition) is 2. The van der Waals surface area contributed by atoms with Gasteiger partial charge < -0.3 is 14.4 Å². The quantitative estimate of drug-likeness (QED) is 0.682. The second-order valence-electron chi connectivity index (χ2n) is 7.28. The van der Waals surface area contributed by atoms with Crippen LogP contribution >= 0.6 is 0 Å². The summed E-state index contributed by atoms with van der Waals surface area (Å²) in [5.74, 6) is -0.288. The lowest BCUT2D eigenvalue weighted by molar-refractivity contribution is -0.146. The molecule has 0 radical (unpaired) electrons. The number of fused-ring (bicyclic) bond motifs is 3. The average Bonchev–Trinajstić information content (AvgIpc) is 3.22. The molecule has 1 aliphatic rings. The summed E-state index contributed by atoms with van der Waals surface area (Å²) in [7, 11) is 0. The number of benzene rings is 1. The minimum absolute atomic E-state index is 0.156. The van der Waals surface area contributed by atoms with Crippen molar-refractivity contribution in [2.75, 3.05) is 11.9 Å². The maximum atomic E-state index is 12.9. The summed E-state index contributed by atoms with van der Waals surface area (Å²) in [5.41, 5.74) is 3.32. The van der Waals surface area contributed by atoms with Gasteiger partial charge in [-0.2, -0.15) is 0 Å². The number of aryl methyl sites for hydroxylation is 1. The van der Waals surface area contributed by atoms with Gasteiger partial charge in [-0.15, -0.1) is 0 Å². The molecule has 27 heavy (non-hydrogen) atoms. The lowest BCUT2D eigenvalue weighted by Gasteiger charge is -2.37. The number of nitrogens with one attached hydrogen (secondary N) is 2. The molecule has 2 amide bonds. The Bertz CT molecular complexity index is 1020. The van der Waals surface area contributed by atoms with Gasteiger partial charge in [0.2, 0.25) is 0 Å². The first kappa shape index (κ1) is 17.3. The maximum absolute atomic E-state index is 12.9. The van der Waals surface area contributed by atoms with Crippen molar-refractivity contribution in [2.45, 2.75) is 33.2 Å². The van der Waals surface area contributed by atoms with E-state index in [0.29, 0.717) is 18.7 Å². The van der Waals surface area contributed by atoms with Crippen molar-refractivity contribution in [3.63, 3.8) is 0 Å². The van der Waals surface area contributed by atoms with Crippen molar-refractivity contribution in [1.82, 2.24) is 15.0 Å². The molecule has 0 spiro atoms. The van der Waals surface area contributed by atoms with Gasteiger partial charge >= 0.3 is 11.8 Å². The Morgan fingerprint density at radius 1 is 1.33 bits per heavy atom. The summed E-state index contributed by atoms with van der Waals surface area (Å²) in [4.78, 5) is 30.5. The molecule has 2 N–H and O–H groups in total. The van der Waals surface area contributed by atoms with Crippen molar-refractivity contribution in [1.29, 1.82) is 0 Å². The SMILES string of the molecule is Cc1cc(NC(=O)C(=O)N2CCc3c([nH]c4ccccc34)[C@@H]2C(C)C)no1. The van der Waals surface area contributed by atoms with Crippen LogP contribution in [0.25, 0.3) is 10.9 Å². The Labute approximate surface area is 156 Å². The molecule has 7 heteroatoms. The molecule has 0 saturated carbocycles. The first-order chi connectivity index (χ1) is 13.0. The van der Waals surface area contributed by atoms with E-state index in [9.17, 15) is 9.59 Å². The molecule has 140 valence electrons. The summed E-state index contributed by atoms with van der Waals surface area (Å²) in [6.07, 6.45) is 0.713. The molecule has 0 unspecified atom stereocenters. The number of hydrogen-bond acceptors (Lipinski definition) is 4. The molecular formula is C20H22N4O3. The van der Waals surface area contributed by atoms with Crippen molar-refractivity contribution in [3.05, 3.63) is 47.3 Å². The van der Waals surface area contributed by atoms with E-state index >= 15 is 0 Å². The van der Waals surface area contributed by atoms with Crippen LogP contribution in [-0.4, -0.2) is 33.4 Å². The van der Waals surface area contributed by atoms with Crippen molar-refractivity contribution < 1.29 is 14.1 Å². The van der Waals surface area contributed by atoms with E-state index in [1.54, 1.807) is 17.9 Å². The minimum Gasteiger partial charge on any atom is -0.360 e. The van der Waals surface area contributed by atoms with Crippen LogP contribution in [0.4, 0.5) is 5.82 Å². The van der Waals surface area contributed by atoms with Crippen LogP contribution in [0.15, 0.2) is 34.9 Å². The number of amides is 2. The van der Waals surface area contributed by atoms with Crippen LogP contribution in [-0.2, 0) is 16.0 Å². The van der Waals surface area contributed by atoms with Crippen LogP contribution in [0.2, 0.25) is 0 Å². The van der Waals surface area contributed by atoms with E-state index in [4.69, 9.17) is 4.52 Å². The standard InChI is InChI=1S/C20H22N4O3/c1-11(2)18-17-14(13-6-4-5-7-15(13)21-17)8-9-24(18)20(26)19(25)22-16-10-12(3)27-23-16/h4-7,10-11,18,21H,8-9H2,1-3H3,(H,22,23,25)/t18-/m0/s1. The van der Waals surface area contributed by atoms with Gasteiger partial charge in [0.1, 0.15) is 5.76 Å². The van der Waals surface area contributed by atoms with Crippen molar-refractivity contribution in [3.8, 4) is 0 Å². The van der Waals surface area contributed by atoms with Gasteiger partial charge in [0, 0.05) is 29.2 Å².